The van der Waals surface area contributed by atoms with Gasteiger partial charge in [0.25, 0.3) is 0 Å². The lowest BCUT2D eigenvalue weighted by molar-refractivity contribution is -0.604. The van der Waals surface area contributed by atoms with Crippen LogP contribution >= 0.6 is 0 Å². The molecule has 0 fully saturated rings. The summed E-state index contributed by atoms with van der Waals surface area (Å²) in [5.41, 5.74) is 0.308. The average molecular weight is 168 g/mol. The monoisotopic (exact) mass is 168 g/mol. The van der Waals surface area contributed by atoms with Crippen LogP contribution in [0.1, 0.15) is 41.0 Å². The molecule has 1 aliphatic rings. The molecule has 1 heterocycles. The van der Waals surface area contributed by atoms with E-state index >= 15 is 0 Å². The minimum Gasteiger partial charge on any atom is -0.235 e. The minimum absolute atomic E-state index is 0.308. The number of hydrogen-bond donors (Lipinski definition) is 0. The molecule has 0 unspecified atom stereocenters. The topological polar surface area (TPSA) is 3.01 Å². The molecule has 0 spiro atoms. The molecular formula is C11H22N+. The Hall–Kier alpha value is -0.330. The lowest BCUT2D eigenvalue weighted by Crippen LogP contribution is -2.41. The summed E-state index contributed by atoms with van der Waals surface area (Å²) in [6.45, 7) is 12.8. The summed E-state index contributed by atoms with van der Waals surface area (Å²) in [4.78, 5) is 0. The molecule has 70 valence electrons. The minimum atomic E-state index is 0.308. The van der Waals surface area contributed by atoms with Crippen LogP contribution in [0.25, 0.3) is 0 Å². The van der Waals surface area contributed by atoms with E-state index in [9.17, 15) is 0 Å². The van der Waals surface area contributed by atoms with Crippen molar-refractivity contribution >= 4 is 6.21 Å². The van der Waals surface area contributed by atoms with Crippen molar-refractivity contribution in [2.45, 2.75) is 46.6 Å². The van der Waals surface area contributed by atoms with Crippen molar-refractivity contribution < 1.29 is 4.58 Å². The van der Waals surface area contributed by atoms with Gasteiger partial charge in [-0.25, -0.2) is 4.58 Å². The molecule has 0 radical (unpaired) electrons. The Labute approximate surface area is 76.5 Å². The Kier molecular flexibility index (Phi) is 2.60. The molecule has 0 bridgehead atoms. The van der Waals surface area contributed by atoms with Crippen LogP contribution in [-0.2, 0) is 0 Å². The predicted octanol–water partition coefficient (Wildman–Crippen LogP) is 2.54. The molecule has 0 aromatic carbocycles. The van der Waals surface area contributed by atoms with E-state index in [-0.39, 0.29) is 0 Å². The van der Waals surface area contributed by atoms with Crippen molar-refractivity contribution in [1.82, 2.24) is 0 Å². The highest BCUT2D eigenvalue weighted by molar-refractivity contribution is 5.55. The highest BCUT2D eigenvalue weighted by atomic mass is 15.1. The summed E-state index contributed by atoms with van der Waals surface area (Å²) in [5.74, 6) is 1.61. The normalized spacial score (nSPS) is 31.6. The standard InChI is InChI=1S/C11H22N/c1-9-6-10(2)8-12(7-9)11(3,4)5/h7,9-10H,6,8H2,1-5H3/q+1/t9-,10+/m0/s1. The van der Waals surface area contributed by atoms with E-state index in [0.29, 0.717) is 5.54 Å². The highest BCUT2D eigenvalue weighted by Gasteiger charge is 2.30. The van der Waals surface area contributed by atoms with Gasteiger partial charge in [0.1, 0.15) is 12.8 Å². The SMILES string of the molecule is C[C@@H]1C[C@H](C)C=[N+](C(C)(C)C)C1. The quantitative estimate of drug-likeness (QED) is 0.489. The van der Waals surface area contributed by atoms with Gasteiger partial charge in [-0.05, 0) is 27.2 Å². The Balaban J connectivity index is 2.77. The molecule has 0 aliphatic carbocycles. The molecule has 1 nitrogen and oxygen atoms in total. The maximum atomic E-state index is 2.49. The first-order valence-corrected chi connectivity index (χ1v) is 5.01. The van der Waals surface area contributed by atoms with Gasteiger partial charge >= 0.3 is 0 Å². The van der Waals surface area contributed by atoms with Crippen molar-refractivity contribution in [2.75, 3.05) is 6.54 Å². The fraction of sp³-hybridized carbons (Fsp3) is 0.909. The van der Waals surface area contributed by atoms with Gasteiger partial charge in [0, 0.05) is 11.8 Å². The molecule has 0 aromatic heterocycles. The fourth-order valence-corrected chi connectivity index (χ4v) is 1.97. The zero-order valence-corrected chi connectivity index (χ0v) is 9.09. The largest absolute Gasteiger partial charge is 0.235 e. The van der Waals surface area contributed by atoms with Gasteiger partial charge in [0.15, 0.2) is 5.54 Å². The first-order valence-electron chi connectivity index (χ1n) is 5.01. The second-order valence-electron chi connectivity index (χ2n) is 5.29. The molecule has 0 aromatic rings. The van der Waals surface area contributed by atoms with Crippen molar-refractivity contribution in [1.29, 1.82) is 0 Å². The summed E-state index contributed by atoms with van der Waals surface area (Å²) >= 11 is 0. The van der Waals surface area contributed by atoms with Crippen LogP contribution in [0.15, 0.2) is 0 Å². The third-order valence-electron chi connectivity index (χ3n) is 2.58. The Morgan fingerprint density at radius 2 is 1.83 bits per heavy atom. The van der Waals surface area contributed by atoms with Gasteiger partial charge in [0.2, 0.25) is 0 Å². The second-order valence-corrected chi connectivity index (χ2v) is 5.29. The van der Waals surface area contributed by atoms with Crippen LogP contribution in [0.3, 0.4) is 0 Å². The molecule has 1 rings (SSSR count). The van der Waals surface area contributed by atoms with E-state index in [1.54, 1.807) is 0 Å². The summed E-state index contributed by atoms with van der Waals surface area (Å²) in [6.07, 6.45) is 3.76. The zero-order valence-electron chi connectivity index (χ0n) is 9.09. The molecule has 12 heavy (non-hydrogen) atoms. The smallest absolute Gasteiger partial charge is 0.153 e. The van der Waals surface area contributed by atoms with Gasteiger partial charge in [-0.3, -0.25) is 0 Å². The third kappa shape index (κ3) is 2.33. The Morgan fingerprint density at radius 1 is 1.25 bits per heavy atom. The summed E-state index contributed by atoms with van der Waals surface area (Å²) < 4.78 is 2.49. The highest BCUT2D eigenvalue weighted by Crippen LogP contribution is 2.19. The van der Waals surface area contributed by atoms with Crippen LogP contribution in [0.5, 0.6) is 0 Å². The zero-order chi connectivity index (χ0) is 9.35. The Bertz CT molecular complexity index is 186. The van der Waals surface area contributed by atoms with E-state index in [4.69, 9.17) is 0 Å². The van der Waals surface area contributed by atoms with Crippen molar-refractivity contribution in [3.63, 3.8) is 0 Å². The molecular weight excluding hydrogens is 146 g/mol. The molecule has 0 saturated heterocycles. The van der Waals surface area contributed by atoms with Gasteiger partial charge in [-0.2, -0.15) is 0 Å². The molecule has 0 N–H and O–H groups in total. The van der Waals surface area contributed by atoms with Crippen LogP contribution in [0, 0.1) is 11.8 Å². The van der Waals surface area contributed by atoms with Crippen molar-refractivity contribution in [2.24, 2.45) is 11.8 Å². The van der Waals surface area contributed by atoms with Crippen molar-refractivity contribution in [3.8, 4) is 0 Å². The maximum Gasteiger partial charge on any atom is 0.153 e. The van der Waals surface area contributed by atoms with Crippen LogP contribution in [-0.4, -0.2) is 22.9 Å². The molecule has 0 saturated carbocycles. The predicted molar refractivity (Wildman–Crippen MR) is 53.9 cm³/mol. The van der Waals surface area contributed by atoms with E-state index in [1.165, 1.54) is 13.0 Å². The molecule has 1 heteroatoms. The van der Waals surface area contributed by atoms with E-state index < -0.39 is 0 Å². The maximum absolute atomic E-state index is 2.49. The molecule has 0 amide bonds. The van der Waals surface area contributed by atoms with E-state index in [1.807, 2.05) is 0 Å². The van der Waals surface area contributed by atoms with Crippen LogP contribution in [0.2, 0.25) is 0 Å². The number of rotatable bonds is 0. The average Bonchev–Trinajstić information content (AvgIpc) is 1.82. The van der Waals surface area contributed by atoms with Gasteiger partial charge in [-0.15, -0.1) is 0 Å². The van der Waals surface area contributed by atoms with E-state index in [2.05, 4.69) is 45.4 Å². The van der Waals surface area contributed by atoms with Crippen molar-refractivity contribution in [3.05, 3.63) is 0 Å². The fourth-order valence-electron chi connectivity index (χ4n) is 1.97. The van der Waals surface area contributed by atoms with Gasteiger partial charge in [-0.1, -0.05) is 13.8 Å². The summed E-state index contributed by atoms with van der Waals surface area (Å²) in [5, 5.41) is 0. The number of nitrogens with zero attached hydrogens (tertiary/aromatic N) is 1. The van der Waals surface area contributed by atoms with Gasteiger partial charge < -0.3 is 0 Å². The summed E-state index contributed by atoms with van der Waals surface area (Å²) in [7, 11) is 0. The first-order chi connectivity index (χ1) is 5.39. The van der Waals surface area contributed by atoms with Crippen LogP contribution < -0.4 is 0 Å². The second kappa shape index (κ2) is 3.20. The lowest BCUT2D eigenvalue weighted by atomic mass is 9.92. The molecule has 2 atom stereocenters. The lowest BCUT2D eigenvalue weighted by Gasteiger charge is -2.26. The Morgan fingerprint density at radius 3 is 2.25 bits per heavy atom. The first kappa shape index (κ1) is 9.76. The van der Waals surface area contributed by atoms with E-state index in [0.717, 1.165) is 11.8 Å². The van der Waals surface area contributed by atoms with Gasteiger partial charge in [0.05, 0.1) is 0 Å². The third-order valence-corrected chi connectivity index (χ3v) is 2.58. The number of hydrogen-bond acceptors (Lipinski definition) is 0. The van der Waals surface area contributed by atoms with Crippen LogP contribution in [0.4, 0.5) is 0 Å². The molecule has 1 aliphatic heterocycles. The summed E-state index contributed by atoms with van der Waals surface area (Å²) in [6, 6.07) is 0.